The first-order valence-electron chi connectivity index (χ1n) is 8.31. The van der Waals surface area contributed by atoms with Gasteiger partial charge in [0.15, 0.2) is 11.5 Å². The van der Waals surface area contributed by atoms with Gasteiger partial charge in [-0.3, -0.25) is 14.5 Å². The second-order valence-electron chi connectivity index (χ2n) is 6.37. The molecule has 140 valence electrons. The Morgan fingerprint density at radius 1 is 1.26 bits per heavy atom. The van der Waals surface area contributed by atoms with E-state index in [-0.39, 0.29) is 19.9 Å². The fraction of sp³-hybridized carbons (Fsp3) is 0.278. The van der Waals surface area contributed by atoms with Gasteiger partial charge in [0.2, 0.25) is 12.7 Å². The largest absolute Gasteiger partial charge is 0.467 e. The number of urea groups is 1. The SMILES string of the molecule is CC1(c2ccc3c(c2)OCO3)NC(=O)N(CC(=O)NCc2ccco2)C1=O. The number of carbonyl (C=O) groups is 3. The van der Waals surface area contributed by atoms with Crippen molar-refractivity contribution in [2.24, 2.45) is 0 Å². The Morgan fingerprint density at radius 3 is 2.85 bits per heavy atom. The molecule has 0 bridgehead atoms. The van der Waals surface area contributed by atoms with E-state index >= 15 is 0 Å². The summed E-state index contributed by atoms with van der Waals surface area (Å²) >= 11 is 0. The molecule has 1 aromatic heterocycles. The quantitative estimate of drug-likeness (QED) is 0.762. The van der Waals surface area contributed by atoms with Crippen molar-refractivity contribution in [3.63, 3.8) is 0 Å². The van der Waals surface area contributed by atoms with E-state index in [2.05, 4.69) is 10.6 Å². The van der Waals surface area contributed by atoms with Gasteiger partial charge in [-0.05, 0) is 36.8 Å². The average Bonchev–Trinajstić information content (AvgIpc) is 3.37. The van der Waals surface area contributed by atoms with Gasteiger partial charge in [0.05, 0.1) is 12.8 Å². The number of imide groups is 1. The van der Waals surface area contributed by atoms with Gasteiger partial charge in [0.25, 0.3) is 5.91 Å². The molecular formula is C18H17N3O6. The molecule has 4 rings (SSSR count). The Labute approximate surface area is 154 Å². The smallest absolute Gasteiger partial charge is 0.325 e. The highest BCUT2D eigenvalue weighted by atomic mass is 16.7. The molecule has 1 atom stereocenters. The first kappa shape index (κ1) is 17.0. The molecule has 9 heteroatoms. The zero-order valence-corrected chi connectivity index (χ0v) is 14.5. The van der Waals surface area contributed by atoms with Gasteiger partial charge in [-0.15, -0.1) is 0 Å². The Morgan fingerprint density at radius 2 is 2.07 bits per heavy atom. The number of nitrogens with one attached hydrogen (secondary N) is 2. The topological polar surface area (TPSA) is 110 Å². The van der Waals surface area contributed by atoms with Crippen LogP contribution in [0.25, 0.3) is 0 Å². The predicted octanol–water partition coefficient (Wildman–Crippen LogP) is 1.09. The van der Waals surface area contributed by atoms with Crippen LogP contribution < -0.4 is 20.1 Å². The molecule has 2 aliphatic rings. The number of hydrogen-bond donors (Lipinski definition) is 2. The van der Waals surface area contributed by atoms with Gasteiger partial charge < -0.3 is 24.5 Å². The van der Waals surface area contributed by atoms with Crippen molar-refractivity contribution in [2.75, 3.05) is 13.3 Å². The lowest BCUT2D eigenvalue weighted by molar-refractivity contribution is -0.134. The van der Waals surface area contributed by atoms with Crippen LogP contribution in [0.2, 0.25) is 0 Å². The summed E-state index contributed by atoms with van der Waals surface area (Å²) in [6.45, 7) is 1.49. The van der Waals surface area contributed by atoms with Crippen molar-refractivity contribution < 1.29 is 28.3 Å². The van der Waals surface area contributed by atoms with Crippen LogP contribution in [0.5, 0.6) is 11.5 Å². The molecule has 1 fully saturated rings. The number of nitrogens with zero attached hydrogens (tertiary/aromatic N) is 1. The summed E-state index contributed by atoms with van der Waals surface area (Å²) in [4.78, 5) is 38.2. The number of ether oxygens (including phenoxy) is 2. The summed E-state index contributed by atoms with van der Waals surface area (Å²) < 4.78 is 15.7. The van der Waals surface area contributed by atoms with Crippen molar-refractivity contribution in [3.8, 4) is 11.5 Å². The first-order valence-corrected chi connectivity index (χ1v) is 8.31. The van der Waals surface area contributed by atoms with Crippen LogP contribution in [0.1, 0.15) is 18.2 Å². The van der Waals surface area contributed by atoms with Crippen LogP contribution >= 0.6 is 0 Å². The van der Waals surface area contributed by atoms with E-state index in [0.717, 1.165) is 4.90 Å². The van der Waals surface area contributed by atoms with Gasteiger partial charge in [-0.25, -0.2) is 4.79 Å². The van der Waals surface area contributed by atoms with Crippen molar-refractivity contribution >= 4 is 17.8 Å². The monoisotopic (exact) mass is 371 g/mol. The van der Waals surface area contributed by atoms with Crippen LogP contribution in [0, 0.1) is 0 Å². The maximum absolute atomic E-state index is 12.9. The molecule has 2 aromatic rings. The molecule has 1 saturated heterocycles. The lowest BCUT2D eigenvalue weighted by atomic mass is 9.91. The van der Waals surface area contributed by atoms with E-state index in [1.807, 2.05) is 0 Å². The lowest BCUT2D eigenvalue weighted by Crippen LogP contribution is -2.43. The molecule has 0 radical (unpaired) electrons. The molecule has 2 aliphatic heterocycles. The number of rotatable bonds is 5. The molecular weight excluding hydrogens is 354 g/mol. The molecule has 0 saturated carbocycles. The molecule has 2 N–H and O–H groups in total. The highest BCUT2D eigenvalue weighted by Crippen LogP contribution is 2.37. The number of amides is 4. The van der Waals surface area contributed by atoms with E-state index in [1.54, 1.807) is 37.3 Å². The highest BCUT2D eigenvalue weighted by Gasteiger charge is 2.49. The molecule has 0 aliphatic carbocycles. The molecule has 27 heavy (non-hydrogen) atoms. The Balaban J connectivity index is 1.47. The van der Waals surface area contributed by atoms with Crippen LogP contribution in [0.3, 0.4) is 0 Å². The van der Waals surface area contributed by atoms with Crippen molar-refractivity contribution in [2.45, 2.75) is 19.0 Å². The van der Waals surface area contributed by atoms with E-state index in [9.17, 15) is 14.4 Å². The average molecular weight is 371 g/mol. The molecule has 4 amide bonds. The molecule has 1 unspecified atom stereocenters. The van der Waals surface area contributed by atoms with Crippen LogP contribution in [-0.2, 0) is 21.7 Å². The van der Waals surface area contributed by atoms with Crippen LogP contribution in [-0.4, -0.2) is 36.1 Å². The summed E-state index contributed by atoms with van der Waals surface area (Å²) in [7, 11) is 0. The summed E-state index contributed by atoms with van der Waals surface area (Å²) in [6, 6.07) is 7.81. The number of carbonyl (C=O) groups excluding carboxylic acids is 3. The minimum absolute atomic E-state index is 0.109. The zero-order valence-electron chi connectivity index (χ0n) is 14.5. The molecule has 1 aromatic carbocycles. The maximum Gasteiger partial charge on any atom is 0.325 e. The number of furan rings is 1. The third kappa shape index (κ3) is 2.97. The molecule has 9 nitrogen and oxygen atoms in total. The summed E-state index contributed by atoms with van der Waals surface area (Å²) in [6.07, 6.45) is 1.50. The first-order chi connectivity index (χ1) is 13.0. The summed E-state index contributed by atoms with van der Waals surface area (Å²) in [5.74, 6) is 0.675. The summed E-state index contributed by atoms with van der Waals surface area (Å²) in [5.41, 5.74) is -0.747. The number of benzene rings is 1. The Kier molecular flexibility index (Phi) is 3.98. The fourth-order valence-corrected chi connectivity index (χ4v) is 3.04. The predicted molar refractivity (Wildman–Crippen MR) is 90.7 cm³/mol. The standard InChI is InChI=1S/C18H17N3O6/c1-18(11-4-5-13-14(7-11)27-10-26-13)16(23)21(17(24)20-18)9-15(22)19-8-12-3-2-6-25-12/h2-7H,8-10H2,1H3,(H,19,22)(H,20,24). The van der Waals surface area contributed by atoms with Gasteiger partial charge in [0.1, 0.15) is 17.8 Å². The van der Waals surface area contributed by atoms with Crippen molar-refractivity contribution in [3.05, 3.63) is 47.9 Å². The Hall–Kier alpha value is -3.49. The van der Waals surface area contributed by atoms with Gasteiger partial charge in [-0.1, -0.05) is 6.07 Å². The van der Waals surface area contributed by atoms with Gasteiger partial charge in [-0.2, -0.15) is 0 Å². The van der Waals surface area contributed by atoms with Gasteiger partial charge in [0, 0.05) is 0 Å². The third-order valence-corrected chi connectivity index (χ3v) is 4.57. The second kappa shape index (κ2) is 6.35. The van der Waals surface area contributed by atoms with Crippen molar-refractivity contribution in [1.29, 1.82) is 0 Å². The third-order valence-electron chi connectivity index (χ3n) is 4.57. The number of hydrogen-bond acceptors (Lipinski definition) is 6. The second-order valence-corrected chi connectivity index (χ2v) is 6.37. The van der Waals surface area contributed by atoms with E-state index in [0.29, 0.717) is 22.8 Å². The van der Waals surface area contributed by atoms with E-state index in [4.69, 9.17) is 13.9 Å². The normalized spacial score (nSPS) is 20.7. The summed E-state index contributed by atoms with van der Waals surface area (Å²) in [5, 5.41) is 5.27. The van der Waals surface area contributed by atoms with E-state index in [1.165, 1.54) is 6.26 Å². The highest BCUT2D eigenvalue weighted by molar-refractivity contribution is 6.09. The number of fused-ring (bicyclic) bond motifs is 1. The van der Waals surface area contributed by atoms with Crippen LogP contribution in [0.4, 0.5) is 4.79 Å². The minimum atomic E-state index is -1.29. The van der Waals surface area contributed by atoms with Crippen LogP contribution in [0.15, 0.2) is 41.0 Å². The Bertz CT molecular complexity index is 910. The molecule has 3 heterocycles. The minimum Gasteiger partial charge on any atom is -0.467 e. The molecule has 0 spiro atoms. The maximum atomic E-state index is 12.9. The van der Waals surface area contributed by atoms with Gasteiger partial charge >= 0.3 is 6.03 Å². The lowest BCUT2D eigenvalue weighted by Gasteiger charge is -2.22. The fourth-order valence-electron chi connectivity index (χ4n) is 3.04. The van der Waals surface area contributed by atoms with Crippen molar-refractivity contribution in [1.82, 2.24) is 15.5 Å². The zero-order chi connectivity index (χ0) is 19.0. The van der Waals surface area contributed by atoms with E-state index < -0.39 is 23.4 Å².